The van der Waals surface area contributed by atoms with Crippen LogP contribution in [-0.4, -0.2) is 44.8 Å². The van der Waals surface area contributed by atoms with Crippen LogP contribution < -0.4 is 5.32 Å². The van der Waals surface area contributed by atoms with Gasteiger partial charge in [0, 0.05) is 18.8 Å². The maximum atomic E-state index is 13.1. The van der Waals surface area contributed by atoms with Crippen molar-refractivity contribution in [3.05, 3.63) is 59.4 Å². The van der Waals surface area contributed by atoms with Gasteiger partial charge >= 0.3 is 5.97 Å². The number of amides is 1. The first kappa shape index (κ1) is 21.9. The number of methoxy groups -OCH3 is 1. The number of sulfonamides is 1. The van der Waals surface area contributed by atoms with Crippen LogP contribution in [0.5, 0.6) is 0 Å². The zero-order chi connectivity index (χ0) is 21.9. The minimum atomic E-state index is -3.82. The molecule has 1 amide bonds. The van der Waals surface area contributed by atoms with Crippen LogP contribution in [0.3, 0.4) is 0 Å². The lowest BCUT2D eigenvalue weighted by atomic mass is 9.98. The average Bonchev–Trinajstić information content (AvgIpc) is 2.75. The van der Waals surface area contributed by atoms with E-state index in [1.54, 1.807) is 19.1 Å². The third-order valence-electron chi connectivity index (χ3n) is 5.12. The van der Waals surface area contributed by atoms with E-state index < -0.39 is 27.7 Å². The maximum Gasteiger partial charge on any atom is 0.337 e. The fraction of sp³-hybridized carbons (Fsp3) is 0.333. The highest BCUT2D eigenvalue weighted by atomic mass is 32.2. The van der Waals surface area contributed by atoms with E-state index in [4.69, 9.17) is 4.74 Å². The Morgan fingerprint density at radius 1 is 1.17 bits per heavy atom. The smallest absolute Gasteiger partial charge is 0.337 e. The lowest BCUT2D eigenvalue weighted by molar-refractivity contribution is -0.120. The Labute approximate surface area is 174 Å². The fourth-order valence-corrected chi connectivity index (χ4v) is 4.89. The van der Waals surface area contributed by atoms with Crippen molar-refractivity contribution >= 4 is 27.6 Å². The minimum absolute atomic E-state index is 0.00779. The van der Waals surface area contributed by atoms with Crippen LogP contribution in [0.1, 0.15) is 28.8 Å². The molecular weight excluding hydrogens is 411 g/mol. The highest BCUT2D eigenvalue weighted by Gasteiger charge is 2.33. The van der Waals surface area contributed by atoms with Gasteiger partial charge < -0.3 is 10.1 Å². The van der Waals surface area contributed by atoms with Crippen molar-refractivity contribution in [3.63, 3.8) is 0 Å². The molecule has 0 radical (unpaired) electrons. The molecule has 160 valence electrons. The number of nitrogens with zero attached hydrogens (tertiary/aromatic N) is 1. The van der Waals surface area contributed by atoms with E-state index in [1.165, 1.54) is 29.6 Å². The van der Waals surface area contributed by atoms with Crippen LogP contribution in [0, 0.1) is 18.7 Å². The summed E-state index contributed by atoms with van der Waals surface area (Å²) in [6, 6.07) is 9.47. The Kier molecular flexibility index (Phi) is 6.52. The van der Waals surface area contributed by atoms with Crippen molar-refractivity contribution < 1.29 is 27.1 Å². The predicted molar refractivity (Wildman–Crippen MR) is 109 cm³/mol. The lowest BCUT2D eigenvalue weighted by Gasteiger charge is -2.31. The quantitative estimate of drug-likeness (QED) is 0.731. The third-order valence-corrected chi connectivity index (χ3v) is 7.00. The number of anilines is 1. The van der Waals surface area contributed by atoms with E-state index in [0.29, 0.717) is 30.6 Å². The number of nitrogens with one attached hydrogen (secondary N) is 1. The zero-order valence-electron chi connectivity index (χ0n) is 16.7. The number of halogens is 1. The molecule has 3 rings (SSSR count). The maximum absolute atomic E-state index is 13.1. The van der Waals surface area contributed by atoms with Crippen molar-refractivity contribution in [1.29, 1.82) is 0 Å². The van der Waals surface area contributed by atoms with Crippen LogP contribution >= 0.6 is 0 Å². The molecule has 1 aliphatic rings. The number of carbonyl (C=O) groups is 2. The Morgan fingerprint density at radius 2 is 1.87 bits per heavy atom. The van der Waals surface area contributed by atoms with Gasteiger partial charge in [0.2, 0.25) is 15.9 Å². The lowest BCUT2D eigenvalue weighted by Crippen LogP contribution is -2.43. The van der Waals surface area contributed by atoms with Gasteiger partial charge in [-0.25, -0.2) is 17.6 Å². The molecule has 2 aromatic carbocycles. The van der Waals surface area contributed by atoms with E-state index in [2.05, 4.69) is 5.32 Å². The van der Waals surface area contributed by atoms with Gasteiger partial charge in [-0.15, -0.1) is 0 Å². The summed E-state index contributed by atoms with van der Waals surface area (Å²) in [5, 5.41) is 2.80. The van der Waals surface area contributed by atoms with Crippen LogP contribution in [-0.2, 0) is 19.6 Å². The van der Waals surface area contributed by atoms with E-state index in [9.17, 15) is 22.4 Å². The van der Waals surface area contributed by atoms with Crippen molar-refractivity contribution in [2.45, 2.75) is 24.7 Å². The second-order valence-corrected chi connectivity index (χ2v) is 9.10. The van der Waals surface area contributed by atoms with Gasteiger partial charge in [-0.2, -0.15) is 4.31 Å². The summed E-state index contributed by atoms with van der Waals surface area (Å²) in [6.07, 6.45) is 1.07. The summed E-state index contributed by atoms with van der Waals surface area (Å²) < 4.78 is 44.8. The Morgan fingerprint density at radius 3 is 2.53 bits per heavy atom. The van der Waals surface area contributed by atoms with Crippen LogP contribution in [0.4, 0.5) is 10.1 Å². The molecule has 0 aromatic heterocycles. The summed E-state index contributed by atoms with van der Waals surface area (Å²) in [6.45, 7) is 2.12. The van der Waals surface area contributed by atoms with Gasteiger partial charge in [-0.1, -0.05) is 6.07 Å². The van der Waals surface area contributed by atoms with Gasteiger partial charge in [0.25, 0.3) is 0 Å². The van der Waals surface area contributed by atoms with E-state index in [1.807, 2.05) is 0 Å². The summed E-state index contributed by atoms with van der Waals surface area (Å²) in [7, 11) is -2.55. The number of hydrogen-bond donors (Lipinski definition) is 1. The normalized spacial score (nSPS) is 17.4. The first-order valence-corrected chi connectivity index (χ1v) is 10.9. The molecular formula is C21H23FN2O5S. The van der Waals surface area contributed by atoms with Crippen LogP contribution in [0.15, 0.2) is 47.4 Å². The number of hydrogen-bond acceptors (Lipinski definition) is 5. The second kappa shape index (κ2) is 8.93. The third kappa shape index (κ3) is 4.68. The molecule has 7 nitrogen and oxygen atoms in total. The molecule has 30 heavy (non-hydrogen) atoms. The molecule has 9 heteroatoms. The fourth-order valence-electron chi connectivity index (χ4n) is 3.37. The molecule has 0 unspecified atom stereocenters. The minimum Gasteiger partial charge on any atom is -0.465 e. The number of rotatable bonds is 5. The molecule has 1 atom stereocenters. The molecule has 0 saturated carbocycles. The molecule has 1 N–H and O–H groups in total. The SMILES string of the molecule is COC(=O)c1ccc(C)c(NC(=O)[C@@H]2CCCN(S(=O)(=O)c3ccc(F)cc3)C2)c1. The topological polar surface area (TPSA) is 92.8 Å². The number of piperidine rings is 1. The van der Waals surface area contributed by atoms with Crippen molar-refractivity contribution in [2.75, 3.05) is 25.5 Å². The molecule has 1 aliphatic heterocycles. The Bertz CT molecular complexity index is 1050. The number of carbonyl (C=O) groups excluding carboxylic acids is 2. The number of benzene rings is 2. The molecule has 0 spiro atoms. The Balaban J connectivity index is 1.75. The number of aryl methyl sites for hydroxylation is 1. The first-order valence-electron chi connectivity index (χ1n) is 9.48. The molecule has 0 bridgehead atoms. The highest BCUT2D eigenvalue weighted by Crippen LogP contribution is 2.26. The van der Waals surface area contributed by atoms with Gasteiger partial charge in [0.05, 0.1) is 23.5 Å². The predicted octanol–water partition coefficient (Wildman–Crippen LogP) is 2.96. The van der Waals surface area contributed by atoms with E-state index >= 15 is 0 Å². The van der Waals surface area contributed by atoms with Gasteiger partial charge in [0.15, 0.2) is 0 Å². The molecule has 1 saturated heterocycles. The monoisotopic (exact) mass is 434 g/mol. The zero-order valence-corrected chi connectivity index (χ0v) is 17.5. The van der Waals surface area contributed by atoms with Gasteiger partial charge in [0.1, 0.15) is 5.82 Å². The van der Waals surface area contributed by atoms with E-state index in [0.717, 1.165) is 17.7 Å². The number of ether oxygens (including phenoxy) is 1. The average molecular weight is 434 g/mol. The molecule has 1 heterocycles. The molecule has 2 aromatic rings. The van der Waals surface area contributed by atoms with Crippen molar-refractivity contribution in [2.24, 2.45) is 5.92 Å². The highest BCUT2D eigenvalue weighted by molar-refractivity contribution is 7.89. The summed E-state index contributed by atoms with van der Waals surface area (Å²) in [4.78, 5) is 24.6. The van der Waals surface area contributed by atoms with Gasteiger partial charge in [-0.05, 0) is 61.7 Å². The Hall–Kier alpha value is -2.78. The largest absolute Gasteiger partial charge is 0.465 e. The summed E-state index contributed by atoms with van der Waals surface area (Å²) in [5.74, 6) is -1.90. The van der Waals surface area contributed by atoms with Crippen LogP contribution in [0.25, 0.3) is 0 Å². The van der Waals surface area contributed by atoms with Crippen LogP contribution in [0.2, 0.25) is 0 Å². The summed E-state index contributed by atoms with van der Waals surface area (Å²) in [5.41, 5.74) is 1.55. The second-order valence-electron chi connectivity index (χ2n) is 7.17. The summed E-state index contributed by atoms with van der Waals surface area (Å²) >= 11 is 0. The molecule has 1 fully saturated rings. The van der Waals surface area contributed by atoms with Gasteiger partial charge in [-0.3, -0.25) is 4.79 Å². The first-order chi connectivity index (χ1) is 14.2. The van der Waals surface area contributed by atoms with Crippen molar-refractivity contribution in [1.82, 2.24) is 4.31 Å². The standard InChI is InChI=1S/C21H23FN2O5S/c1-14-5-6-15(21(26)29-2)12-19(14)23-20(25)16-4-3-11-24(13-16)30(27,28)18-9-7-17(22)8-10-18/h5-10,12,16H,3-4,11,13H2,1-2H3,(H,23,25)/t16-/m1/s1. The number of esters is 1. The van der Waals surface area contributed by atoms with Crippen molar-refractivity contribution in [3.8, 4) is 0 Å². The van der Waals surface area contributed by atoms with E-state index in [-0.39, 0.29) is 17.3 Å². The molecule has 0 aliphatic carbocycles.